The van der Waals surface area contributed by atoms with E-state index in [0.717, 1.165) is 25.0 Å². The Balaban J connectivity index is 1.59. The molecule has 3 N–H and O–H groups in total. The van der Waals surface area contributed by atoms with Gasteiger partial charge in [0.05, 0.1) is 24.5 Å². The molecule has 2 heterocycles. The fourth-order valence-electron chi connectivity index (χ4n) is 2.91. The average Bonchev–Trinajstić information content (AvgIpc) is 3.23. The number of hydrogen-bond donors (Lipinski definition) is 3. The molecule has 1 saturated heterocycles. The molecule has 8 heteroatoms. The summed E-state index contributed by atoms with van der Waals surface area (Å²) in [6.45, 7) is 4.76. The van der Waals surface area contributed by atoms with Crippen LogP contribution in [0.2, 0.25) is 0 Å². The van der Waals surface area contributed by atoms with E-state index in [0.29, 0.717) is 23.6 Å². The first-order valence-corrected chi connectivity index (χ1v) is 8.60. The van der Waals surface area contributed by atoms with Gasteiger partial charge in [-0.3, -0.25) is 9.48 Å². The van der Waals surface area contributed by atoms with Crippen LogP contribution in [-0.2, 0) is 16.1 Å². The van der Waals surface area contributed by atoms with Crippen LogP contribution in [-0.4, -0.2) is 34.4 Å². The first-order valence-electron chi connectivity index (χ1n) is 8.60. The SMILES string of the molecule is CC(=O)Nc1cccc(NC(=O)Nc2cnn(CC3CCCO3)c2)c1C. The van der Waals surface area contributed by atoms with Gasteiger partial charge in [0.25, 0.3) is 0 Å². The molecule has 1 aliphatic heterocycles. The number of anilines is 3. The van der Waals surface area contributed by atoms with E-state index in [4.69, 9.17) is 4.74 Å². The summed E-state index contributed by atoms with van der Waals surface area (Å²) in [6, 6.07) is 4.97. The summed E-state index contributed by atoms with van der Waals surface area (Å²) in [7, 11) is 0. The standard InChI is InChI=1S/C18H23N5O3/c1-12-16(20-13(2)24)6-3-7-17(12)22-18(25)21-14-9-19-23(10-14)11-15-5-4-8-26-15/h3,6-7,9-10,15H,4-5,8,11H2,1-2H3,(H,20,24)(H2,21,22,25). The average molecular weight is 357 g/mol. The second kappa shape index (κ2) is 8.01. The molecule has 1 unspecified atom stereocenters. The highest BCUT2D eigenvalue weighted by Gasteiger charge is 2.16. The molecule has 3 amide bonds. The van der Waals surface area contributed by atoms with Gasteiger partial charge in [-0.05, 0) is 37.5 Å². The van der Waals surface area contributed by atoms with Gasteiger partial charge in [0.1, 0.15) is 0 Å². The molecule has 1 fully saturated rings. The van der Waals surface area contributed by atoms with Crippen LogP contribution in [0.15, 0.2) is 30.6 Å². The number of carbonyl (C=O) groups is 2. The Hall–Kier alpha value is -2.87. The molecule has 0 aliphatic carbocycles. The second-order valence-electron chi connectivity index (χ2n) is 6.32. The van der Waals surface area contributed by atoms with Crippen LogP contribution in [0, 0.1) is 6.92 Å². The van der Waals surface area contributed by atoms with E-state index in [1.807, 2.05) is 6.92 Å². The smallest absolute Gasteiger partial charge is 0.323 e. The highest BCUT2D eigenvalue weighted by atomic mass is 16.5. The molecule has 0 bridgehead atoms. The van der Waals surface area contributed by atoms with Gasteiger partial charge in [-0.25, -0.2) is 4.79 Å². The van der Waals surface area contributed by atoms with Crippen LogP contribution < -0.4 is 16.0 Å². The van der Waals surface area contributed by atoms with Crippen molar-refractivity contribution in [3.8, 4) is 0 Å². The van der Waals surface area contributed by atoms with Crippen LogP contribution in [0.1, 0.15) is 25.3 Å². The second-order valence-corrected chi connectivity index (χ2v) is 6.32. The third-order valence-electron chi connectivity index (χ3n) is 4.20. The molecule has 26 heavy (non-hydrogen) atoms. The van der Waals surface area contributed by atoms with Crippen molar-refractivity contribution in [2.24, 2.45) is 0 Å². The van der Waals surface area contributed by atoms with Crippen LogP contribution in [0.4, 0.5) is 21.9 Å². The lowest BCUT2D eigenvalue weighted by Crippen LogP contribution is -2.20. The first-order chi connectivity index (χ1) is 12.5. The number of aromatic nitrogens is 2. The van der Waals surface area contributed by atoms with E-state index < -0.39 is 0 Å². The van der Waals surface area contributed by atoms with Crippen molar-refractivity contribution in [2.45, 2.75) is 39.3 Å². The monoisotopic (exact) mass is 357 g/mol. The van der Waals surface area contributed by atoms with Gasteiger partial charge >= 0.3 is 6.03 Å². The van der Waals surface area contributed by atoms with Crippen LogP contribution in [0.3, 0.4) is 0 Å². The maximum atomic E-state index is 12.3. The minimum Gasteiger partial charge on any atom is -0.376 e. The van der Waals surface area contributed by atoms with E-state index in [1.54, 1.807) is 35.3 Å². The first kappa shape index (κ1) is 17.9. The largest absolute Gasteiger partial charge is 0.376 e. The van der Waals surface area contributed by atoms with Gasteiger partial charge in [0.15, 0.2) is 0 Å². The highest BCUT2D eigenvalue weighted by molar-refractivity contribution is 6.01. The van der Waals surface area contributed by atoms with Gasteiger partial charge in [-0.1, -0.05) is 6.07 Å². The fourth-order valence-corrected chi connectivity index (χ4v) is 2.91. The van der Waals surface area contributed by atoms with Crippen LogP contribution in [0.25, 0.3) is 0 Å². The zero-order chi connectivity index (χ0) is 18.5. The lowest BCUT2D eigenvalue weighted by Gasteiger charge is -2.13. The van der Waals surface area contributed by atoms with Crippen molar-refractivity contribution in [3.63, 3.8) is 0 Å². The number of benzene rings is 1. The molecular formula is C18H23N5O3. The third-order valence-corrected chi connectivity index (χ3v) is 4.20. The van der Waals surface area contributed by atoms with Crippen molar-refractivity contribution >= 4 is 29.0 Å². The molecular weight excluding hydrogens is 334 g/mol. The zero-order valence-corrected chi connectivity index (χ0v) is 14.9. The summed E-state index contributed by atoms with van der Waals surface area (Å²) >= 11 is 0. The molecule has 8 nitrogen and oxygen atoms in total. The number of amides is 3. The maximum Gasteiger partial charge on any atom is 0.323 e. The van der Waals surface area contributed by atoms with Crippen molar-refractivity contribution in [3.05, 3.63) is 36.2 Å². The lowest BCUT2D eigenvalue weighted by atomic mass is 10.1. The summed E-state index contributed by atoms with van der Waals surface area (Å²) in [6.07, 6.45) is 5.69. The van der Waals surface area contributed by atoms with Crippen LogP contribution in [0.5, 0.6) is 0 Å². The molecule has 138 valence electrons. The van der Waals surface area contributed by atoms with Crippen molar-refractivity contribution in [1.82, 2.24) is 9.78 Å². The summed E-state index contributed by atoms with van der Waals surface area (Å²) in [5.41, 5.74) is 2.68. The molecule has 0 spiro atoms. The Morgan fingerprint density at radius 3 is 2.73 bits per heavy atom. The Morgan fingerprint density at radius 1 is 1.27 bits per heavy atom. The van der Waals surface area contributed by atoms with E-state index in [9.17, 15) is 9.59 Å². The summed E-state index contributed by atoms with van der Waals surface area (Å²) in [4.78, 5) is 23.5. The van der Waals surface area contributed by atoms with Crippen molar-refractivity contribution in [1.29, 1.82) is 0 Å². The van der Waals surface area contributed by atoms with Gasteiger partial charge in [-0.15, -0.1) is 0 Å². The Kier molecular flexibility index (Phi) is 5.52. The summed E-state index contributed by atoms with van der Waals surface area (Å²) < 4.78 is 7.36. The van der Waals surface area contributed by atoms with Gasteiger partial charge in [0.2, 0.25) is 5.91 Å². The van der Waals surface area contributed by atoms with E-state index >= 15 is 0 Å². The fraction of sp³-hybridized carbons (Fsp3) is 0.389. The van der Waals surface area contributed by atoms with Crippen molar-refractivity contribution < 1.29 is 14.3 Å². The predicted octanol–water partition coefficient (Wildman–Crippen LogP) is 2.97. The number of urea groups is 1. The normalized spacial score (nSPS) is 16.3. The van der Waals surface area contributed by atoms with Gasteiger partial charge in [0, 0.05) is 31.1 Å². The zero-order valence-electron chi connectivity index (χ0n) is 14.9. The van der Waals surface area contributed by atoms with E-state index in [-0.39, 0.29) is 18.0 Å². The van der Waals surface area contributed by atoms with Crippen molar-refractivity contribution in [2.75, 3.05) is 22.6 Å². The Bertz CT molecular complexity index is 796. The topological polar surface area (TPSA) is 97.3 Å². The maximum absolute atomic E-state index is 12.3. The lowest BCUT2D eigenvalue weighted by molar-refractivity contribution is -0.114. The van der Waals surface area contributed by atoms with Crippen LogP contribution >= 0.6 is 0 Å². The summed E-state index contributed by atoms with van der Waals surface area (Å²) in [5, 5.41) is 12.5. The number of rotatable bonds is 5. The number of carbonyl (C=O) groups excluding carboxylic acids is 2. The molecule has 1 aliphatic rings. The minimum absolute atomic E-state index is 0.159. The predicted molar refractivity (Wildman–Crippen MR) is 99.3 cm³/mol. The Labute approximate surface area is 151 Å². The molecule has 0 radical (unpaired) electrons. The highest BCUT2D eigenvalue weighted by Crippen LogP contribution is 2.23. The molecule has 2 aromatic rings. The minimum atomic E-state index is -0.371. The molecule has 1 aromatic carbocycles. The quantitative estimate of drug-likeness (QED) is 0.766. The van der Waals surface area contributed by atoms with E-state index in [1.165, 1.54) is 6.92 Å². The van der Waals surface area contributed by atoms with E-state index in [2.05, 4.69) is 21.0 Å². The summed E-state index contributed by atoms with van der Waals surface area (Å²) in [5.74, 6) is -0.159. The third kappa shape index (κ3) is 4.60. The van der Waals surface area contributed by atoms with Gasteiger partial charge < -0.3 is 20.7 Å². The van der Waals surface area contributed by atoms with Gasteiger partial charge in [-0.2, -0.15) is 5.10 Å². The molecule has 0 saturated carbocycles. The number of nitrogens with one attached hydrogen (secondary N) is 3. The molecule has 1 atom stereocenters. The molecule has 3 rings (SSSR count). The number of nitrogens with zero attached hydrogens (tertiary/aromatic N) is 2. The Morgan fingerprint density at radius 2 is 2.04 bits per heavy atom. The number of hydrogen-bond acceptors (Lipinski definition) is 4. The number of ether oxygens (including phenoxy) is 1. The molecule has 1 aromatic heterocycles.